The van der Waals surface area contributed by atoms with Crippen LogP contribution < -0.4 is 0 Å². The number of amides is 1. The highest BCUT2D eigenvalue weighted by molar-refractivity contribution is 5.80. The summed E-state index contributed by atoms with van der Waals surface area (Å²) in [5, 5.41) is 26.7. The summed E-state index contributed by atoms with van der Waals surface area (Å²) in [7, 11) is 0. The fraction of sp³-hybridized carbons (Fsp3) is 0.333. The molecule has 2 heterocycles. The van der Waals surface area contributed by atoms with Crippen molar-refractivity contribution in [2.24, 2.45) is 0 Å². The first-order valence-corrected chi connectivity index (χ1v) is 4.92. The van der Waals surface area contributed by atoms with Crippen LogP contribution in [0.4, 0.5) is 9.59 Å². The van der Waals surface area contributed by atoms with E-state index in [1.165, 1.54) is 0 Å². The van der Waals surface area contributed by atoms with Crippen LogP contribution in [0.25, 0.3) is 0 Å². The Labute approximate surface area is 99.9 Å². The molecule has 0 spiro atoms. The van der Waals surface area contributed by atoms with E-state index in [0.29, 0.717) is 10.6 Å². The maximum Gasteiger partial charge on any atom is 0.417 e. The molecular formula is C9H9N3O6. The number of imidazole rings is 1. The van der Waals surface area contributed by atoms with Crippen molar-refractivity contribution in [3.63, 3.8) is 0 Å². The van der Waals surface area contributed by atoms with Crippen molar-refractivity contribution >= 4 is 18.2 Å². The molecule has 0 radical (unpaired) electrons. The van der Waals surface area contributed by atoms with Gasteiger partial charge in [-0.15, -0.1) is 0 Å². The van der Waals surface area contributed by atoms with Gasteiger partial charge in [-0.2, -0.15) is 0 Å². The lowest BCUT2D eigenvalue weighted by molar-refractivity contribution is -0.143. The van der Waals surface area contributed by atoms with E-state index in [2.05, 4.69) is 4.98 Å². The predicted octanol–water partition coefficient (Wildman–Crippen LogP) is -0.102. The molecule has 1 amide bonds. The highest BCUT2D eigenvalue weighted by Crippen LogP contribution is 2.22. The number of hydrogen-bond donors (Lipinski definition) is 3. The molecule has 96 valence electrons. The average molecular weight is 255 g/mol. The molecule has 1 atom stereocenters. The molecule has 0 aliphatic carbocycles. The van der Waals surface area contributed by atoms with Crippen LogP contribution in [0, 0.1) is 0 Å². The first-order valence-electron chi connectivity index (χ1n) is 4.92. The first kappa shape index (κ1) is 11.9. The van der Waals surface area contributed by atoms with Crippen LogP contribution in [-0.4, -0.2) is 54.0 Å². The number of aliphatic carboxylic acids is 1. The van der Waals surface area contributed by atoms with Gasteiger partial charge in [-0.1, -0.05) is 0 Å². The maximum atomic E-state index is 11.0. The Bertz CT molecular complexity index is 536. The second-order valence-corrected chi connectivity index (χ2v) is 3.76. The van der Waals surface area contributed by atoms with Crippen LogP contribution in [0.2, 0.25) is 0 Å². The number of nitrogens with zero attached hydrogens (tertiary/aromatic N) is 3. The summed E-state index contributed by atoms with van der Waals surface area (Å²) >= 11 is 0. The zero-order valence-electron chi connectivity index (χ0n) is 8.98. The fourth-order valence-electron chi connectivity index (χ4n) is 1.90. The molecular weight excluding hydrogens is 246 g/mol. The van der Waals surface area contributed by atoms with Crippen LogP contribution in [-0.2, 0) is 17.8 Å². The maximum absolute atomic E-state index is 11.0. The summed E-state index contributed by atoms with van der Waals surface area (Å²) in [5.74, 6) is -1.28. The van der Waals surface area contributed by atoms with Crippen molar-refractivity contribution in [1.82, 2.24) is 14.5 Å². The smallest absolute Gasteiger partial charge is 0.417 e. The van der Waals surface area contributed by atoms with E-state index >= 15 is 0 Å². The molecule has 9 nitrogen and oxygen atoms in total. The van der Waals surface area contributed by atoms with E-state index in [9.17, 15) is 14.4 Å². The standard InChI is InChI=1S/C9H9N3O6/c13-7(14)5-1-4-6(2-11(5)8(15)16)12(3-10-4)9(17)18/h3,5H,1-2H2,(H,13,14)(H,15,16)(H,17,18)/t5-/m0/s1. The van der Waals surface area contributed by atoms with E-state index in [1.807, 2.05) is 0 Å². The van der Waals surface area contributed by atoms with Crippen molar-refractivity contribution < 1.29 is 29.7 Å². The van der Waals surface area contributed by atoms with Gasteiger partial charge in [0, 0.05) is 6.42 Å². The van der Waals surface area contributed by atoms with Gasteiger partial charge in [-0.05, 0) is 0 Å². The number of rotatable bonds is 1. The molecule has 2 rings (SSSR count). The number of fused-ring (bicyclic) bond motifs is 1. The van der Waals surface area contributed by atoms with Crippen LogP contribution in [0.3, 0.4) is 0 Å². The topological polar surface area (TPSA) is 133 Å². The second kappa shape index (κ2) is 4.02. The Kier molecular flexibility index (Phi) is 2.66. The normalized spacial score (nSPS) is 18.2. The van der Waals surface area contributed by atoms with Gasteiger partial charge in [0.15, 0.2) is 0 Å². The lowest BCUT2D eigenvalue weighted by Gasteiger charge is -2.30. The minimum absolute atomic E-state index is 0.142. The quantitative estimate of drug-likeness (QED) is 0.637. The van der Waals surface area contributed by atoms with Crippen LogP contribution in [0.15, 0.2) is 6.33 Å². The largest absolute Gasteiger partial charge is 0.480 e. The summed E-state index contributed by atoms with van der Waals surface area (Å²) < 4.78 is 0.795. The van der Waals surface area contributed by atoms with Gasteiger partial charge >= 0.3 is 18.2 Å². The average Bonchev–Trinajstić information content (AvgIpc) is 2.69. The molecule has 0 saturated heterocycles. The third-order valence-electron chi connectivity index (χ3n) is 2.77. The van der Waals surface area contributed by atoms with E-state index in [0.717, 1.165) is 10.9 Å². The van der Waals surface area contributed by atoms with Crippen LogP contribution in [0.5, 0.6) is 0 Å². The number of hydrogen-bond acceptors (Lipinski definition) is 4. The van der Waals surface area contributed by atoms with E-state index < -0.39 is 24.2 Å². The third-order valence-corrected chi connectivity index (χ3v) is 2.77. The molecule has 1 aromatic rings. The molecule has 0 aromatic carbocycles. The first-order chi connectivity index (χ1) is 8.41. The summed E-state index contributed by atoms with van der Waals surface area (Å²) in [6.07, 6.45) is -1.80. The number of carboxylic acid groups (broad SMARTS) is 3. The van der Waals surface area contributed by atoms with Crippen LogP contribution >= 0.6 is 0 Å². The Morgan fingerprint density at radius 1 is 1.22 bits per heavy atom. The summed E-state index contributed by atoms with van der Waals surface area (Å²) in [6, 6.07) is -1.24. The van der Waals surface area contributed by atoms with Gasteiger partial charge in [0.25, 0.3) is 0 Å². The van der Waals surface area contributed by atoms with E-state index in [-0.39, 0.29) is 18.7 Å². The van der Waals surface area contributed by atoms with Gasteiger partial charge in [0.2, 0.25) is 0 Å². The summed E-state index contributed by atoms with van der Waals surface area (Å²) in [6.45, 7) is -0.312. The Morgan fingerprint density at radius 2 is 1.89 bits per heavy atom. The van der Waals surface area contributed by atoms with Crippen molar-refractivity contribution in [3.8, 4) is 0 Å². The molecule has 3 N–H and O–H groups in total. The number of carboxylic acids is 1. The number of aromatic nitrogens is 2. The summed E-state index contributed by atoms with van der Waals surface area (Å²) in [4.78, 5) is 37.3. The molecule has 1 aromatic heterocycles. The third kappa shape index (κ3) is 1.75. The Hall–Kier alpha value is -2.58. The van der Waals surface area contributed by atoms with Crippen molar-refractivity contribution in [2.45, 2.75) is 19.0 Å². The van der Waals surface area contributed by atoms with Gasteiger partial charge < -0.3 is 15.3 Å². The Balaban J connectivity index is 2.43. The lowest BCUT2D eigenvalue weighted by atomic mass is 10.0. The van der Waals surface area contributed by atoms with Gasteiger partial charge in [-0.3, -0.25) is 4.90 Å². The van der Waals surface area contributed by atoms with Crippen molar-refractivity contribution in [3.05, 3.63) is 17.7 Å². The SMILES string of the molecule is O=C(O)[C@@H]1Cc2ncn(C(=O)O)c2CN1C(=O)O. The van der Waals surface area contributed by atoms with Gasteiger partial charge in [0.05, 0.1) is 17.9 Å². The summed E-state index contributed by atoms with van der Waals surface area (Å²) in [5.41, 5.74) is 0.477. The fourth-order valence-corrected chi connectivity index (χ4v) is 1.90. The Morgan fingerprint density at radius 3 is 2.39 bits per heavy atom. The molecule has 0 fully saturated rings. The zero-order valence-corrected chi connectivity index (χ0v) is 8.98. The highest BCUT2D eigenvalue weighted by Gasteiger charge is 2.37. The predicted molar refractivity (Wildman–Crippen MR) is 54.3 cm³/mol. The molecule has 18 heavy (non-hydrogen) atoms. The second-order valence-electron chi connectivity index (χ2n) is 3.76. The monoisotopic (exact) mass is 255 g/mol. The molecule has 1 aliphatic heterocycles. The highest BCUT2D eigenvalue weighted by atomic mass is 16.4. The van der Waals surface area contributed by atoms with E-state index in [4.69, 9.17) is 15.3 Å². The number of carbonyl (C=O) groups is 3. The minimum atomic E-state index is -1.41. The minimum Gasteiger partial charge on any atom is -0.480 e. The lowest BCUT2D eigenvalue weighted by Crippen LogP contribution is -2.48. The van der Waals surface area contributed by atoms with E-state index in [1.54, 1.807) is 0 Å². The molecule has 0 unspecified atom stereocenters. The van der Waals surface area contributed by atoms with Gasteiger partial charge in [0.1, 0.15) is 12.4 Å². The molecule has 0 bridgehead atoms. The molecule has 1 aliphatic rings. The van der Waals surface area contributed by atoms with Gasteiger partial charge in [-0.25, -0.2) is 23.9 Å². The molecule has 0 saturated carbocycles. The molecule has 9 heteroatoms. The zero-order chi connectivity index (χ0) is 13.4. The van der Waals surface area contributed by atoms with Crippen LogP contribution in [0.1, 0.15) is 11.4 Å². The van der Waals surface area contributed by atoms with Crippen molar-refractivity contribution in [1.29, 1.82) is 0 Å². The van der Waals surface area contributed by atoms with Crippen molar-refractivity contribution in [2.75, 3.05) is 0 Å².